The molecule has 0 atom stereocenters. The quantitative estimate of drug-likeness (QED) is 0.438. The Morgan fingerprint density at radius 3 is 2.58 bits per heavy atom. The molecule has 0 unspecified atom stereocenters. The molecule has 0 radical (unpaired) electrons. The maximum Gasteiger partial charge on any atom is 0.321 e. The van der Waals surface area contributed by atoms with E-state index in [1.807, 2.05) is 54.4 Å². The standard InChI is InChI=1S/C23H21Cl2N5O/c1-15-4-6-17(14-18(15)25)26-23(31)29-11-9-28(10-12-29)22-21-3-2-8-30(21)20-7-5-16(24)13-19(20)27-22/h2-8,13-14H,9-12H2,1H3,(H,26,31). The van der Waals surface area contributed by atoms with Gasteiger partial charge in [0.15, 0.2) is 5.82 Å². The van der Waals surface area contributed by atoms with E-state index in [4.69, 9.17) is 28.2 Å². The first-order valence-corrected chi connectivity index (χ1v) is 10.9. The summed E-state index contributed by atoms with van der Waals surface area (Å²) in [5.74, 6) is 0.908. The van der Waals surface area contributed by atoms with Gasteiger partial charge in [-0.15, -0.1) is 0 Å². The van der Waals surface area contributed by atoms with Crippen molar-refractivity contribution in [3.63, 3.8) is 0 Å². The topological polar surface area (TPSA) is 52.9 Å². The molecular formula is C23H21Cl2N5O. The lowest BCUT2D eigenvalue weighted by Crippen LogP contribution is -2.50. The number of aromatic nitrogens is 2. The highest BCUT2D eigenvalue weighted by Crippen LogP contribution is 2.28. The Morgan fingerprint density at radius 1 is 1.00 bits per heavy atom. The van der Waals surface area contributed by atoms with Crippen LogP contribution in [0.25, 0.3) is 16.6 Å². The molecule has 1 aliphatic heterocycles. The molecule has 4 aromatic rings. The molecule has 0 bridgehead atoms. The van der Waals surface area contributed by atoms with Crippen LogP contribution in [0.3, 0.4) is 0 Å². The number of nitrogens with zero attached hydrogens (tertiary/aromatic N) is 4. The van der Waals surface area contributed by atoms with Crippen LogP contribution in [0.15, 0.2) is 54.7 Å². The second kappa shape index (κ2) is 7.94. The molecule has 1 aliphatic rings. The zero-order chi connectivity index (χ0) is 21.5. The fourth-order valence-electron chi connectivity index (χ4n) is 3.96. The number of carbonyl (C=O) groups is 1. The average molecular weight is 454 g/mol. The first-order chi connectivity index (χ1) is 15.0. The van der Waals surface area contributed by atoms with Gasteiger partial charge in [0.25, 0.3) is 0 Å². The minimum Gasteiger partial charge on any atom is -0.351 e. The lowest BCUT2D eigenvalue weighted by Gasteiger charge is -2.35. The predicted molar refractivity (Wildman–Crippen MR) is 127 cm³/mol. The highest BCUT2D eigenvalue weighted by Gasteiger charge is 2.24. The van der Waals surface area contributed by atoms with Gasteiger partial charge >= 0.3 is 6.03 Å². The molecule has 1 fully saturated rings. The van der Waals surface area contributed by atoms with E-state index in [0.717, 1.165) is 27.9 Å². The van der Waals surface area contributed by atoms with Crippen LogP contribution in [0.1, 0.15) is 5.56 Å². The Balaban J connectivity index is 1.34. The molecule has 3 heterocycles. The van der Waals surface area contributed by atoms with E-state index >= 15 is 0 Å². The van der Waals surface area contributed by atoms with Crippen LogP contribution in [0.4, 0.5) is 16.3 Å². The zero-order valence-electron chi connectivity index (χ0n) is 17.0. The molecule has 8 heteroatoms. The van der Waals surface area contributed by atoms with Crippen LogP contribution in [-0.2, 0) is 0 Å². The molecule has 31 heavy (non-hydrogen) atoms. The number of fused-ring (bicyclic) bond motifs is 3. The number of halogens is 2. The van der Waals surface area contributed by atoms with Crippen molar-refractivity contribution in [2.45, 2.75) is 6.92 Å². The summed E-state index contributed by atoms with van der Waals surface area (Å²) in [6.45, 7) is 4.54. The minimum absolute atomic E-state index is 0.120. The molecule has 0 saturated carbocycles. The summed E-state index contributed by atoms with van der Waals surface area (Å²) in [6, 6.07) is 15.3. The Bertz CT molecular complexity index is 1290. The largest absolute Gasteiger partial charge is 0.351 e. The molecule has 0 aliphatic carbocycles. The summed E-state index contributed by atoms with van der Waals surface area (Å²) in [5, 5.41) is 4.24. The maximum atomic E-state index is 12.7. The summed E-state index contributed by atoms with van der Waals surface area (Å²) < 4.78 is 2.13. The number of anilines is 2. The van der Waals surface area contributed by atoms with Crippen LogP contribution in [-0.4, -0.2) is 46.5 Å². The van der Waals surface area contributed by atoms with Crippen molar-refractivity contribution in [1.29, 1.82) is 0 Å². The van der Waals surface area contributed by atoms with Gasteiger partial charge in [-0.3, -0.25) is 0 Å². The second-order valence-electron chi connectivity index (χ2n) is 7.70. The van der Waals surface area contributed by atoms with Gasteiger partial charge in [0.2, 0.25) is 0 Å². The highest BCUT2D eigenvalue weighted by molar-refractivity contribution is 6.31. The van der Waals surface area contributed by atoms with Gasteiger partial charge in [-0.2, -0.15) is 0 Å². The van der Waals surface area contributed by atoms with Crippen molar-refractivity contribution in [1.82, 2.24) is 14.3 Å². The van der Waals surface area contributed by atoms with Gasteiger partial charge in [0.05, 0.1) is 16.6 Å². The van der Waals surface area contributed by atoms with Crippen molar-refractivity contribution < 1.29 is 4.79 Å². The Labute approximate surface area is 190 Å². The second-order valence-corrected chi connectivity index (χ2v) is 8.54. The fraction of sp³-hybridized carbons (Fsp3) is 0.217. The molecule has 5 rings (SSSR count). The van der Waals surface area contributed by atoms with Crippen LogP contribution >= 0.6 is 23.2 Å². The third kappa shape index (κ3) is 3.77. The summed E-state index contributed by atoms with van der Waals surface area (Å²) in [7, 11) is 0. The van der Waals surface area contributed by atoms with Gasteiger partial charge in [-0.05, 0) is 55.0 Å². The number of aryl methyl sites for hydroxylation is 1. The van der Waals surface area contributed by atoms with Crippen LogP contribution in [0.2, 0.25) is 10.0 Å². The number of hydrogen-bond acceptors (Lipinski definition) is 3. The van der Waals surface area contributed by atoms with Gasteiger partial charge in [0.1, 0.15) is 0 Å². The Hall–Kier alpha value is -2.96. The van der Waals surface area contributed by atoms with E-state index < -0.39 is 0 Å². The van der Waals surface area contributed by atoms with Crippen molar-refractivity contribution in [3.8, 4) is 0 Å². The molecular weight excluding hydrogens is 433 g/mol. The minimum atomic E-state index is -0.120. The Kier molecular flexibility index (Phi) is 5.12. The van der Waals surface area contributed by atoms with Crippen molar-refractivity contribution >= 4 is 57.3 Å². The van der Waals surface area contributed by atoms with E-state index in [0.29, 0.717) is 41.9 Å². The SMILES string of the molecule is Cc1ccc(NC(=O)N2CCN(c3nc4cc(Cl)ccc4n4cccc34)CC2)cc1Cl. The number of benzene rings is 2. The first-order valence-electron chi connectivity index (χ1n) is 10.1. The number of carbonyl (C=O) groups excluding carboxylic acids is 1. The monoisotopic (exact) mass is 453 g/mol. The van der Waals surface area contributed by atoms with Crippen molar-refractivity contribution in [3.05, 3.63) is 70.3 Å². The third-order valence-corrected chi connectivity index (χ3v) is 6.33. The van der Waals surface area contributed by atoms with Crippen LogP contribution < -0.4 is 10.2 Å². The summed E-state index contributed by atoms with van der Waals surface area (Å²) in [6.07, 6.45) is 2.03. The lowest BCUT2D eigenvalue weighted by molar-refractivity contribution is 0.208. The number of urea groups is 1. The summed E-state index contributed by atoms with van der Waals surface area (Å²) in [4.78, 5) is 21.7. The van der Waals surface area contributed by atoms with E-state index in [-0.39, 0.29) is 6.03 Å². The molecule has 2 aromatic heterocycles. The normalized spacial score (nSPS) is 14.4. The molecule has 2 aromatic carbocycles. The molecule has 1 N–H and O–H groups in total. The average Bonchev–Trinajstić information content (AvgIpc) is 3.26. The first kappa shape index (κ1) is 20.0. The Morgan fingerprint density at radius 2 is 1.81 bits per heavy atom. The van der Waals surface area contributed by atoms with E-state index in [1.54, 1.807) is 6.07 Å². The predicted octanol–water partition coefficient (Wildman–Crippen LogP) is 5.46. The molecule has 2 amide bonds. The van der Waals surface area contributed by atoms with Gasteiger partial charge in [0, 0.05) is 48.1 Å². The fourth-order valence-corrected chi connectivity index (χ4v) is 4.31. The highest BCUT2D eigenvalue weighted by atomic mass is 35.5. The van der Waals surface area contributed by atoms with E-state index in [2.05, 4.69) is 20.7 Å². The molecule has 6 nitrogen and oxygen atoms in total. The number of amides is 2. The van der Waals surface area contributed by atoms with Crippen LogP contribution in [0, 0.1) is 6.92 Å². The van der Waals surface area contributed by atoms with Gasteiger partial charge < -0.3 is 19.5 Å². The zero-order valence-corrected chi connectivity index (χ0v) is 18.5. The number of nitrogens with one attached hydrogen (secondary N) is 1. The number of piperazine rings is 1. The van der Waals surface area contributed by atoms with Crippen molar-refractivity contribution in [2.75, 3.05) is 36.4 Å². The van der Waals surface area contributed by atoms with Crippen LogP contribution in [0.5, 0.6) is 0 Å². The van der Waals surface area contributed by atoms with Crippen molar-refractivity contribution in [2.24, 2.45) is 0 Å². The number of rotatable bonds is 2. The molecule has 0 spiro atoms. The summed E-state index contributed by atoms with van der Waals surface area (Å²) >= 11 is 12.4. The smallest absolute Gasteiger partial charge is 0.321 e. The molecule has 158 valence electrons. The number of hydrogen-bond donors (Lipinski definition) is 1. The summed E-state index contributed by atoms with van der Waals surface area (Å²) in [5.41, 5.74) is 4.59. The van der Waals surface area contributed by atoms with E-state index in [1.165, 1.54) is 0 Å². The van der Waals surface area contributed by atoms with E-state index in [9.17, 15) is 4.79 Å². The van der Waals surface area contributed by atoms with Gasteiger partial charge in [-0.1, -0.05) is 29.3 Å². The molecule has 1 saturated heterocycles. The lowest BCUT2D eigenvalue weighted by atomic mass is 10.2. The third-order valence-electron chi connectivity index (χ3n) is 5.69. The maximum absolute atomic E-state index is 12.7. The van der Waals surface area contributed by atoms with Gasteiger partial charge in [-0.25, -0.2) is 9.78 Å².